The molecule has 0 amide bonds. The molecule has 0 aliphatic carbocycles. The number of thioether (sulfide) groups is 1. The number of rotatable bonds is 4. The second kappa shape index (κ2) is 5.99. The average Bonchev–Trinajstić information content (AvgIpc) is 3.16. The van der Waals surface area contributed by atoms with Gasteiger partial charge in [0.05, 0.1) is 22.3 Å². The zero-order valence-corrected chi connectivity index (χ0v) is 13.7. The first-order chi connectivity index (χ1) is 11.6. The lowest BCUT2D eigenvalue weighted by atomic mass is 10.3. The van der Waals surface area contributed by atoms with Crippen molar-refractivity contribution in [1.82, 2.24) is 19.5 Å². The van der Waals surface area contributed by atoms with Gasteiger partial charge < -0.3 is 4.98 Å². The number of nitrogens with one attached hydrogen (secondary N) is 1. The van der Waals surface area contributed by atoms with Crippen LogP contribution in [0.4, 0.5) is 8.78 Å². The molecular weight excluding hydrogens is 354 g/mol. The number of aromatic amines is 1. The van der Waals surface area contributed by atoms with E-state index in [1.165, 1.54) is 11.3 Å². The lowest BCUT2D eigenvalue weighted by molar-refractivity contribution is 0.0656. The highest BCUT2D eigenvalue weighted by Gasteiger charge is 2.18. The SMILES string of the molecule is O=c1[nH]c(CSc2nc3ccccc3n2C(F)F)nc2ccsc12. The summed E-state index contributed by atoms with van der Waals surface area (Å²) in [6, 6.07) is 8.51. The Morgan fingerprint density at radius 1 is 1.21 bits per heavy atom. The van der Waals surface area contributed by atoms with E-state index in [0.29, 0.717) is 27.1 Å². The van der Waals surface area contributed by atoms with Gasteiger partial charge in [-0.05, 0) is 23.6 Å². The Kier molecular flexibility index (Phi) is 3.81. The molecule has 0 aliphatic heterocycles. The molecule has 1 N–H and O–H groups in total. The van der Waals surface area contributed by atoms with Crippen LogP contribution in [0.3, 0.4) is 0 Å². The van der Waals surface area contributed by atoms with Crippen LogP contribution in [-0.2, 0) is 5.75 Å². The zero-order chi connectivity index (χ0) is 16.7. The van der Waals surface area contributed by atoms with Crippen LogP contribution in [0.1, 0.15) is 12.4 Å². The van der Waals surface area contributed by atoms with Crippen LogP contribution in [0.25, 0.3) is 21.3 Å². The van der Waals surface area contributed by atoms with E-state index in [0.717, 1.165) is 16.3 Å². The third kappa shape index (κ3) is 2.59. The topological polar surface area (TPSA) is 63.6 Å². The fraction of sp³-hybridized carbons (Fsp3) is 0.133. The number of imidazole rings is 1. The zero-order valence-electron chi connectivity index (χ0n) is 12.1. The molecule has 0 saturated heterocycles. The number of alkyl halides is 2. The predicted molar refractivity (Wildman–Crippen MR) is 90.8 cm³/mol. The number of hydrogen-bond donors (Lipinski definition) is 1. The number of H-pyrrole nitrogens is 1. The highest BCUT2D eigenvalue weighted by atomic mass is 32.2. The summed E-state index contributed by atoms with van der Waals surface area (Å²) in [6.07, 6.45) is 0. The minimum Gasteiger partial charge on any atom is -0.309 e. The average molecular weight is 364 g/mol. The van der Waals surface area contributed by atoms with Gasteiger partial charge in [0.2, 0.25) is 0 Å². The number of fused-ring (bicyclic) bond motifs is 2. The van der Waals surface area contributed by atoms with Gasteiger partial charge in [-0.3, -0.25) is 9.36 Å². The van der Waals surface area contributed by atoms with Crippen molar-refractivity contribution in [3.8, 4) is 0 Å². The summed E-state index contributed by atoms with van der Waals surface area (Å²) in [5.74, 6) is 0.681. The van der Waals surface area contributed by atoms with Crippen molar-refractivity contribution in [2.75, 3.05) is 0 Å². The molecule has 3 aromatic heterocycles. The summed E-state index contributed by atoms with van der Waals surface area (Å²) in [6.45, 7) is -2.69. The van der Waals surface area contributed by atoms with Gasteiger partial charge in [-0.25, -0.2) is 9.97 Å². The van der Waals surface area contributed by atoms with Crippen molar-refractivity contribution in [1.29, 1.82) is 0 Å². The molecule has 3 heterocycles. The van der Waals surface area contributed by atoms with Gasteiger partial charge in [0, 0.05) is 0 Å². The number of halogens is 2. The smallest absolute Gasteiger partial charge is 0.309 e. The van der Waals surface area contributed by atoms with Crippen LogP contribution in [0.2, 0.25) is 0 Å². The van der Waals surface area contributed by atoms with E-state index in [1.54, 1.807) is 35.7 Å². The molecule has 9 heteroatoms. The van der Waals surface area contributed by atoms with E-state index in [-0.39, 0.29) is 16.5 Å². The largest absolute Gasteiger partial charge is 0.321 e. The molecule has 0 saturated carbocycles. The second-order valence-corrected chi connectivity index (χ2v) is 6.83. The third-order valence-electron chi connectivity index (χ3n) is 3.46. The highest BCUT2D eigenvalue weighted by molar-refractivity contribution is 7.98. The van der Waals surface area contributed by atoms with E-state index in [9.17, 15) is 13.6 Å². The standard InChI is InChI=1S/C15H10F2N4OS2/c16-14(17)21-10-4-2-1-3-8(10)19-15(21)24-7-11-18-9-5-6-23-12(9)13(22)20-11/h1-6,14H,7H2,(H,18,20,22). The van der Waals surface area contributed by atoms with Gasteiger partial charge >= 0.3 is 6.55 Å². The summed E-state index contributed by atoms with van der Waals surface area (Å²) < 4.78 is 28.2. The van der Waals surface area contributed by atoms with Crippen molar-refractivity contribution < 1.29 is 8.78 Å². The fourth-order valence-corrected chi connectivity index (χ4v) is 4.04. The monoisotopic (exact) mass is 364 g/mol. The lowest BCUT2D eigenvalue weighted by Gasteiger charge is -2.07. The first-order valence-electron chi connectivity index (χ1n) is 6.98. The van der Waals surface area contributed by atoms with E-state index < -0.39 is 6.55 Å². The Bertz CT molecular complexity index is 1090. The van der Waals surface area contributed by atoms with Crippen LogP contribution in [0, 0.1) is 0 Å². The molecule has 0 fully saturated rings. The van der Waals surface area contributed by atoms with E-state index in [4.69, 9.17) is 0 Å². The van der Waals surface area contributed by atoms with Crippen molar-refractivity contribution in [3.63, 3.8) is 0 Å². The summed E-state index contributed by atoms with van der Waals surface area (Å²) in [4.78, 5) is 23.2. The molecule has 122 valence electrons. The number of aromatic nitrogens is 4. The summed E-state index contributed by atoms with van der Waals surface area (Å²) in [5, 5.41) is 1.99. The molecule has 0 aliphatic rings. The van der Waals surface area contributed by atoms with Crippen LogP contribution in [-0.4, -0.2) is 19.5 Å². The number of benzene rings is 1. The molecule has 4 aromatic rings. The van der Waals surface area contributed by atoms with Crippen LogP contribution >= 0.6 is 23.1 Å². The molecule has 0 radical (unpaired) electrons. The van der Waals surface area contributed by atoms with E-state index in [1.807, 2.05) is 0 Å². The number of para-hydroxylation sites is 2. The Balaban J connectivity index is 1.68. The highest BCUT2D eigenvalue weighted by Crippen LogP contribution is 2.30. The maximum atomic E-state index is 13.4. The van der Waals surface area contributed by atoms with Crippen LogP contribution in [0.15, 0.2) is 45.7 Å². The quantitative estimate of drug-likeness (QED) is 0.556. The lowest BCUT2D eigenvalue weighted by Crippen LogP contribution is -2.09. The summed E-state index contributed by atoms with van der Waals surface area (Å²) in [5.41, 5.74) is 1.29. The predicted octanol–water partition coefficient (Wildman–Crippen LogP) is 4.02. The molecular formula is C15H10F2N4OS2. The van der Waals surface area contributed by atoms with Crippen molar-refractivity contribution in [2.45, 2.75) is 17.5 Å². The number of thiophene rings is 1. The van der Waals surface area contributed by atoms with Crippen LogP contribution in [0.5, 0.6) is 0 Å². The molecule has 5 nitrogen and oxygen atoms in total. The van der Waals surface area contributed by atoms with Gasteiger partial charge in [0.15, 0.2) is 5.16 Å². The number of hydrogen-bond acceptors (Lipinski definition) is 5. The van der Waals surface area contributed by atoms with Crippen LogP contribution < -0.4 is 5.56 Å². The Morgan fingerprint density at radius 2 is 2.04 bits per heavy atom. The van der Waals surface area contributed by atoms with Gasteiger partial charge in [-0.2, -0.15) is 8.78 Å². The second-order valence-electron chi connectivity index (χ2n) is 4.97. The minimum absolute atomic E-state index is 0.194. The number of nitrogens with zero attached hydrogens (tertiary/aromatic N) is 3. The summed E-state index contributed by atoms with van der Waals surface area (Å²) >= 11 is 2.43. The van der Waals surface area contributed by atoms with Crippen molar-refractivity contribution in [2.24, 2.45) is 0 Å². The Labute approximate surface area is 142 Å². The van der Waals surface area contributed by atoms with Gasteiger partial charge in [0.1, 0.15) is 10.5 Å². The van der Waals surface area contributed by atoms with Crippen molar-refractivity contribution in [3.05, 3.63) is 51.9 Å². The molecule has 0 bridgehead atoms. The van der Waals surface area contributed by atoms with Gasteiger partial charge in [-0.1, -0.05) is 23.9 Å². The van der Waals surface area contributed by atoms with Gasteiger partial charge in [-0.15, -0.1) is 11.3 Å². The first-order valence-corrected chi connectivity index (χ1v) is 8.84. The molecule has 0 unspecified atom stereocenters. The Hall–Kier alpha value is -2.26. The first kappa shape index (κ1) is 15.3. The minimum atomic E-state index is -2.69. The Morgan fingerprint density at radius 3 is 2.88 bits per heavy atom. The summed E-state index contributed by atoms with van der Waals surface area (Å²) in [7, 11) is 0. The third-order valence-corrected chi connectivity index (χ3v) is 5.33. The van der Waals surface area contributed by atoms with Gasteiger partial charge in [0.25, 0.3) is 5.56 Å². The van der Waals surface area contributed by atoms with E-state index in [2.05, 4.69) is 15.0 Å². The molecule has 1 aromatic carbocycles. The normalized spacial score (nSPS) is 11.8. The maximum absolute atomic E-state index is 13.4. The molecule has 4 rings (SSSR count). The molecule has 0 atom stereocenters. The fourth-order valence-electron chi connectivity index (χ4n) is 2.44. The van der Waals surface area contributed by atoms with Crippen molar-refractivity contribution >= 4 is 44.3 Å². The van der Waals surface area contributed by atoms with E-state index >= 15 is 0 Å². The molecule has 24 heavy (non-hydrogen) atoms. The maximum Gasteiger partial charge on any atom is 0.321 e. The molecule has 0 spiro atoms.